The summed E-state index contributed by atoms with van der Waals surface area (Å²) in [6.45, 7) is 1.76. The predicted octanol–water partition coefficient (Wildman–Crippen LogP) is 3.65. The van der Waals surface area contributed by atoms with Crippen LogP contribution in [0.5, 0.6) is 0 Å². The average Bonchev–Trinajstić information content (AvgIpc) is 2.67. The van der Waals surface area contributed by atoms with Gasteiger partial charge in [-0.15, -0.1) is 0 Å². The van der Waals surface area contributed by atoms with E-state index in [0.717, 1.165) is 42.6 Å². The van der Waals surface area contributed by atoms with Crippen molar-refractivity contribution in [2.24, 2.45) is 0 Å². The van der Waals surface area contributed by atoms with Gasteiger partial charge in [0.05, 0.1) is 11.5 Å². The second-order valence-corrected chi connectivity index (χ2v) is 6.43. The number of hydrogen-bond acceptors (Lipinski definition) is 3. The van der Waals surface area contributed by atoms with Crippen molar-refractivity contribution in [2.45, 2.75) is 31.1 Å². The first-order valence-electron chi connectivity index (χ1n) is 8.53. The first kappa shape index (κ1) is 16.4. The van der Waals surface area contributed by atoms with Crippen LogP contribution < -0.4 is 5.32 Å². The van der Waals surface area contributed by atoms with Gasteiger partial charge >= 0.3 is 0 Å². The van der Waals surface area contributed by atoms with Crippen LogP contribution in [-0.2, 0) is 11.8 Å². The minimum atomic E-state index is -0.384. The molecule has 1 saturated heterocycles. The van der Waals surface area contributed by atoms with Crippen molar-refractivity contribution in [3.05, 3.63) is 71.3 Å². The van der Waals surface area contributed by atoms with Gasteiger partial charge in [-0.3, -0.25) is 4.79 Å². The number of rotatable bonds is 5. The Bertz CT molecular complexity index is 740. The van der Waals surface area contributed by atoms with E-state index in [1.54, 1.807) is 0 Å². The molecular weight excluding hydrogens is 296 g/mol. The van der Waals surface area contributed by atoms with Crippen molar-refractivity contribution in [1.82, 2.24) is 5.32 Å². The lowest BCUT2D eigenvalue weighted by atomic mass is 9.74. The van der Waals surface area contributed by atoms with E-state index < -0.39 is 0 Å². The molecule has 1 N–H and O–H groups in total. The number of nitrogens with zero attached hydrogens (tertiary/aromatic N) is 1. The topological polar surface area (TPSA) is 52.9 Å². The number of carbonyl (C=O) groups is 1. The summed E-state index contributed by atoms with van der Waals surface area (Å²) in [6.07, 6.45) is 2.89. The van der Waals surface area contributed by atoms with Crippen molar-refractivity contribution in [1.29, 1.82) is 5.26 Å². The molecule has 1 aliphatic heterocycles. The van der Waals surface area contributed by atoms with E-state index in [0.29, 0.717) is 12.8 Å². The Balaban J connectivity index is 1.72. The lowest BCUT2D eigenvalue weighted by molar-refractivity contribution is 0.0983. The van der Waals surface area contributed by atoms with Gasteiger partial charge in [0, 0.05) is 12.0 Å². The van der Waals surface area contributed by atoms with Crippen LogP contribution in [0, 0.1) is 11.3 Å². The van der Waals surface area contributed by atoms with E-state index in [1.807, 2.05) is 42.5 Å². The molecule has 3 nitrogen and oxygen atoms in total. The van der Waals surface area contributed by atoms with Gasteiger partial charge in [-0.05, 0) is 43.5 Å². The normalized spacial score (nSPS) is 16.3. The van der Waals surface area contributed by atoms with E-state index in [2.05, 4.69) is 23.5 Å². The Kier molecular flexibility index (Phi) is 5.08. The van der Waals surface area contributed by atoms with Crippen LogP contribution in [0.4, 0.5) is 0 Å². The SMILES string of the molecule is N#CC1(c2cccc(CCC(=O)c3ccccc3)c2)CCNCC1. The molecule has 0 aromatic heterocycles. The number of benzene rings is 2. The Morgan fingerprint density at radius 2 is 1.83 bits per heavy atom. The second-order valence-electron chi connectivity index (χ2n) is 6.43. The molecule has 1 aliphatic rings. The monoisotopic (exact) mass is 318 g/mol. The van der Waals surface area contributed by atoms with Crippen LogP contribution in [0.1, 0.15) is 40.7 Å². The molecule has 122 valence electrons. The number of hydrogen-bond donors (Lipinski definition) is 1. The van der Waals surface area contributed by atoms with Crippen molar-refractivity contribution < 1.29 is 4.79 Å². The zero-order chi connectivity index (χ0) is 16.8. The Morgan fingerprint density at radius 1 is 1.08 bits per heavy atom. The molecule has 0 radical (unpaired) electrons. The molecule has 0 aliphatic carbocycles. The molecule has 2 aromatic rings. The fourth-order valence-corrected chi connectivity index (χ4v) is 3.37. The molecule has 3 heteroatoms. The molecule has 3 rings (SSSR count). The summed E-state index contributed by atoms with van der Waals surface area (Å²) in [4.78, 5) is 12.3. The van der Waals surface area contributed by atoms with Crippen molar-refractivity contribution in [3.63, 3.8) is 0 Å². The van der Waals surface area contributed by atoms with Gasteiger partial charge in [-0.1, -0.05) is 54.6 Å². The van der Waals surface area contributed by atoms with Crippen LogP contribution in [0.2, 0.25) is 0 Å². The summed E-state index contributed by atoms with van der Waals surface area (Å²) in [7, 11) is 0. The van der Waals surface area contributed by atoms with Gasteiger partial charge in [-0.25, -0.2) is 0 Å². The highest BCUT2D eigenvalue weighted by atomic mass is 16.1. The lowest BCUT2D eigenvalue weighted by Crippen LogP contribution is -2.38. The number of carbonyl (C=O) groups excluding carboxylic acids is 1. The second kappa shape index (κ2) is 7.42. The van der Waals surface area contributed by atoms with Gasteiger partial charge in [-0.2, -0.15) is 5.26 Å². The summed E-state index contributed by atoms with van der Waals surface area (Å²) in [5, 5.41) is 13.0. The third kappa shape index (κ3) is 3.55. The third-order valence-corrected chi connectivity index (χ3v) is 4.89. The van der Waals surface area contributed by atoms with E-state index >= 15 is 0 Å². The first-order chi connectivity index (χ1) is 11.7. The highest BCUT2D eigenvalue weighted by molar-refractivity contribution is 5.96. The Morgan fingerprint density at radius 3 is 2.54 bits per heavy atom. The quantitative estimate of drug-likeness (QED) is 0.856. The number of Topliss-reactive ketones (excluding diaryl/α,β-unsaturated/α-hetero) is 1. The molecular formula is C21H22N2O. The van der Waals surface area contributed by atoms with Crippen LogP contribution >= 0.6 is 0 Å². The van der Waals surface area contributed by atoms with E-state index in [4.69, 9.17) is 0 Å². The maximum Gasteiger partial charge on any atom is 0.163 e. The van der Waals surface area contributed by atoms with Gasteiger partial charge in [0.1, 0.15) is 0 Å². The lowest BCUT2D eigenvalue weighted by Gasteiger charge is -2.32. The van der Waals surface area contributed by atoms with Crippen LogP contribution in [0.25, 0.3) is 0 Å². The Labute approximate surface area is 143 Å². The standard InChI is InChI=1S/C21H22N2O/c22-16-21(11-13-23-14-12-21)19-8-4-5-17(15-19)9-10-20(24)18-6-2-1-3-7-18/h1-8,15,23H,9-14H2. The molecule has 0 amide bonds. The molecule has 0 bridgehead atoms. The third-order valence-electron chi connectivity index (χ3n) is 4.89. The molecule has 24 heavy (non-hydrogen) atoms. The van der Waals surface area contributed by atoms with Crippen molar-refractivity contribution in [3.8, 4) is 6.07 Å². The summed E-state index contributed by atoms with van der Waals surface area (Å²) in [6, 6.07) is 20.2. The van der Waals surface area contributed by atoms with Crippen LogP contribution in [0.15, 0.2) is 54.6 Å². The zero-order valence-corrected chi connectivity index (χ0v) is 13.8. The zero-order valence-electron chi connectivity index (χ0n) is 13.8. The van der Waals surface area contributed by atoms with E-state index in [-0.39, 0.29) is 11.2 Å². The van der Waals surface area contributed by atoms with Gasteiger partial charge in [0.15, 0.2) is 5.78 Å². The summed E-state index contributed by atoms with van der Waals surface area (Å²) in [5.74, 6) is 0.165. The van der Waals surface area contributed by atoms with Crippen LogP contribution in [0.3, 0.4) is 0 Å². The molecule has 0 unspecified atom stereocenters. The minimum Gasteiger partial charge on any atom is -0.317 e. The van der Waals surface area contributed by atoms with Gasteiger partial charge in [0.2, 0.25) is 0 Å². The minimum absolute atomic E-state index is 0.165. The highest BCUT2D eigenvalue weighted by Crippen LogP contribution is 2.33. The highest BCUT2D eigenvalue weighted by Gasteiger charge is 2.33. The molecule has 0 spiro atoms. The van der Waals surface area contributed by atoms with E-state index in [1.165, 1.54) is 0 Å². The smallest absolute Gasteiger partial charge is 0.163 e. The largest absolute Gasteiger partial charge is 0.317 e. The molecule has 0 atom stereocenters. The summed E-state index contributed by atoms with van der Waals surface area (Å²) in [5.41, 5.74) is 2.60. The van der Waals surface area contributed by atoms with Crippen molar-refractivity contribution in [2.75, 3.05) is 13.1 Å². The van der Waals surface area contributed by atoms with E-state index in [9.17, 15) is 10.1 Å². The number of nitriles is 1. The fourth-order valence-electron chi connectivity index (χ4n) is 3.37. The van der Waals surface area contributed by atoms with Crippen LogP contribution in [-0.4, -0.2) is 18.9 Å². The molecule has 2 aromatic carbocycles. The molecule has 0 saturated carbocycles. The number of piperidine rings is 1. The first-order valence-corrected chi connectivity index (χ1v) is 8.53. The van der Waals surface area contributed by atoms with Gasteiger partial charge in [0.25, 0.3) is 0 Å². The van der Waals surface area contributed by atoms with Crippen molar-refractivity contribution >= 4 is 5.78 Å². The average molecular weight is 318 g/mol. The summed E-state index contributed by atoms with van der Waals surface area (Å²) >= 11 is 0. The molecule has 1 fully saturated rings. The maximum absolute atomic E-state index is 12.3. The fraction of sp³-hybridized carbons (Fsp3) is 0.333. The molecule has 1 heterocycles. The number of ketones is 1. The van der Waals surface area contributed by atoms with Gasteiger partial charge < -0.3 is 5.32 Å². The maximum atomic E-state index is 12.3. The number of nitrogens with one attached hydrogen (secondary N) is 1. The number of aryl methyl sites for hydroxylation is 1. The Hall–Kier alpha value is -2.44. The summed E-state index contributed by atoms with van der Waals surface area (Å²) < 4.78 is 0. The predicted molar refractivity (Wildman–Crippen MR) is 94.9 cm³/mol.